The summed E-state index contributed by atoms with van der Waals surface area (Å²) in [7, 11) is -0.595. The van der Waals surface area contributed by atoms with E-state index in [1.807, 2.05) is 24.3 Å². The van der Waals surface area contributed by atoms with Crippen molar-refractivity contribution >= 4 is 16.0 Å². The van der Waals surface area contributed by atoms with Crippen molar-refractivity contribution in [2.24, 2.45) is 0 Å². The summed E-state index contributed by atoms with van der Waals surface area (Å²) in [6.07, 6.45) is 9.81. The highest BCUT2D eigenvalue weighted by molar-refractivity contribution is 8.32. The topological polar surface area (TPSA) is 67.1 Å². The number of H-pyrrole nitrogens is 2. The molecule has 2 saturated heterocycles. The molecule has 2 fully saturated rings. The molecule has 0 unspecified atom stereocenters. The molecule has 0 amide bonds. The zero-order valence-electron chi connectivity index (χ0n) is 13.4. The predicted molar refractivity (Wildman–Crippen MR) is 90.7 cm³/mol. The van der Waals surface area contributed by atoms with E-state index in [1.165, 1.54) is 0 Å². The van der Waals surface area contributed by atoms with Gasteiger partial charge in [0.15, 0.2) is 0 Å². The lowest BCUT2D eigenvalue weighted by Gasteiger charge is -2.43. The molecule has 1 spiro atoms. The average molecular weight is 334 g/mol. The maximum Gasteiger partial charge on any atom is 0.353 e. The molecule has 2 aliphatic heterocycles. The van der Waals surface area contributed by atoms with E-state index in [1.54, 1.807) is 12.4 Å². The van der Waals surface area contributed by atoms with Gasteiger partial charge in [-0.15, -0.1) is 0 Å². The largest absolute Gasteiger partial charge is 0.430 e. The summed E-state index contributed by atoms with van der Waals surface area (Å²) >= 11 is 0. The summed E-state index contributed by atoms with van der Waals surface area (Å²) in [5.41, 5.74) is 0.196. The number of rotatable bonds is 2. The number of aromatic amines is 2. The quantitative estimate of drug-likeness (QED) is 0.830. The standard InChI is InChI=1S/C17H22N2O3S/c1-23(2)11-7-16(8-12-23)21-15(20)17(22-16,13-5-3-9-18-13)14-6-4-10-19-14/h3-6,9-10,18-19H,7-8,11-12H2,1-2H3. The Morgan fingerprint density at radius 3 is 2.09 bits per heavy atom. The van der Waals surface area contributed by atoms with Crippen molar-refractivity contribution in [1.29, 1.82) is 0 Å². The summed E-state index contributed by atoms with van der Waals surface area (Å²) < 4.78 is 12.3. The molecule has 0 aromatic carbocycles. The van der Waals surface area contributed by atoms with Crippen LogP contribution < -0.4 is 0 Å². The third-order valence-corrected chi connectivity index (χ3v) is 7.55. The Kier molecular flexibility index (Phi) is 3.19. The Bertz CT molecular complexity index is 662. The van der Waals surface area contributed by atoms with Gasteiger partial charge in [-0.1, -0.05) is 0 Å². The fraction of sp³-hybridized carbons (Fsp3) is 0.471. The second kappa shape index (κ2) is 4.92. The molecule has 2 aromatic heterocycles. The smallest absolute Gasteiger partial charge is 0.353 e. The number of ether oxygens (including phenoxy) is 2. The predicted octanol–water partition coefficient (Wildman–Crippen LogP) is 2.71. The van der Waals surface area contributed by atoms with Crippen LogP contribution in [-0.2, 0) is 19.9 Å². The highest BCUT2D eigenvalue weighted by Gasteiger charge is 2.62. The monoisotopic (exact) mass is 334 g/mol. The van der Waals surface area contributed by atoms with E-state index < -0.39 is 21.4 Å². The van der Waals surface area contributed by atoms with Gasteiger partial charge in [0.1, 0.15) is 0 Å². The lowest BCUT2D eigenvalue weighted by atomic mass is 9.95. The van der Waals surface area contributed by atoms with E-state index in [0.717, 1.165) is 24.3 Å². The van der Waals surface area contributed by atoms with Crippen molar-refractivity contribution in [2.75, 3.05) is 24.0 Å². The zero-order valence-corrected chi connectivity index (χ0v) is 14.2. The van der Waals surface area contributed by atoms with E-state index in [-0.39, 0.29) is 5.97 Å². The van der Waals surface area contributed by atoms with Crippen LogP contribution in [0.25, 0.3) is 0 Å². The van der Waals surface area contributed by atoms with E-state index in [4.69, 9.17) is 9.47 Å². The van der Waals surface area contributed by atoms with E-state index in [9.17, 15) is 4.79 Å². The van der Waals surface area contributed by atoms with Crippen LogP contribution in [0.15, 0.2) is 36.7 Å². The second-order valence-electron chi connectivity index (χ2n) is 6.93. The van der Waals surface area contributed by atoms with Crippen LogP contribution in [0, 0.1) is 0 Å². The average Bonchev–Trinajstić information content (AvgIpc) is 3.24. The van der Waals surface area contributed by atoms with E-state index in [0.29, 0.717) is 11.4 Å². The highest BCUT2D eigenvalue weighted by Crippen LogP contribution is 2.54. The lowest BCUT2D eigenvalue weighted by Crippen LogP contribution is -2.41. The fourth-order valence-corrected chi connectivity index (χ4v) is 5.38. The van der Waals surface area contributed by atoms with Crippen LogP contribution in [0.1, 0.15) is 24.2 Å². The lowest BCUT2D eigenvalue weighted by molar-refractivity contribution is -0.189. The molecule has 0 radical (unpaired) electrons. The molecule has 6 heteroatoms. The third kappa shape index (κ3) is 2.23. The number of nitrogens with one attached hydrogen (secondary N) is 2. The van der Waals surface area contributed by atoms with Crippen molar-refractivity contribution in [3.05, 3.63) is 48.0 Å². The first kappa shape index (κ1) is 14.9. The van der Waals surface area contributed by atoms with Gasteiger partial charge in [0.25, 0.3) is 0 Å². The number of esters is 1. The molecular formula is C17H22N2O3S. The molecule has 4 heterocycles. The van der Waals surface area contributed by atoms with Crippen molar-refractivity contribution in [2.45, 2.75) is 24.2 Å². The first-order valence-electron chi connectivity index (χ1n) is 7.86. The normalized spacial score (nSPS) is 26.1. The van der Waals surface area contributed by atoms with Crippen LogP contribution in [0.4, 0.5) is 0 Å². The zero-order chi connectivity index (χ0) is 16.1. The van der Waals surface area contributed by atoms with Crippen LogP contribution >= 0.6 is 10.0 Å². The van der Waals surface area contributed by atoms with Crippen molar-refractivity contribution in [3.63, 3.8) is 0 Å². The number of aromatic nitrogens is 2. The van der Waals surface area contributed by atoms with Crippen molar-refractivity contribution in [3.8, 4) is 0 Å². The number of carbonyl (C=O) groups is 1. The Morgan fingerprint density at radius 1 is 1.04 bits per heavy atom. The van der Waals surface area contributed by atoms with Gasteiger partial charge in [-0.25, -0.2) is 14.8 Å². The van der Waals surface area contributed by atoms with Gasteiger partial charge in [-0.2, -0.15) is 0 Å². The van der Waals surface area contributed by atoms with Gasteiger partial charge in [0, 0.05) is 25.2 Å². The third-order valence-electron chi connectivity index (χ3n) is 4.93. The SMILES string of the molecule is CS1(C)CCC2(CC1)OC(=O)C(c1ccc[nH]1)(c1ccc[nH]1)O2. The van der Waals surface area contributed by atoms with Gasteiger partial charge in [0.05, 0.1) is 11.4 Å². The molecule has 2 N–H and O–H groups in total. The minimum atomic E-state index is -1.22. The number of hydrogen-bond acceptors (Lipinski definition) is 3. The molecular weight excluding hydrogens is 312 g/mol. The summed E-state index contributed by atoms with van der Waals surface area (Å²) in [6, 6.07) is 7.49. The highest BCUT2D eigenvalue weighted by atomic mass is 32.3. The molecule has 0 aliphatic carbocycles. The summed E-state index contributed by atoms with van der Waals surface area (Å²) in [5.74, 6) is 0.991. The molecule has 2 aliphatic rings. The van der Waals surface area contributed by atoms with Crippen LogP contribution in [0.5, 0.6) is 0 Å². The molecule has 0 atom stereocenters. The van der Waals surface area contributed by atoms with Gasteiger partial charge in [-0.3, -0.25) is 0 Å². The maximum absolute atomic E-state index is 12.9. The van der Waals surface area contributed by atoms with Crippen LogP contribution in [-0.4, -0.2) is 45.7 Å². The maximum atomic E-state index is 12.9. The summed E-state index contributed by atoms with van der Waals surface area (Å²) in [5, 5.41) is 0. The van der Waals surface area contributed by atoms with E-state index in [2.05, 4.69) is 22.5 Å². The Balaban J connectivity index is 1.76. The molecule has 0 saturated carbocycles. The van der Waals surface area contributed by atoms with Gasteiger partial charge in [0.2, 0.25) is 11.4 Å². The van der Waals surface area contributed by atoms with Gasteiger partial charge in [-0.05, 0) is 48.3 Å². The molecule has 23 heavy (non-hydrogen) atoms. The number of hydrogen-bond donors (Lipinski definition) is 2. The summed E-state index contributed by atoms with van der Waals surface area (Å²) in [6.45, 7) is 0. The molecule has 0 bridgehead atoms. The molecule has 2 aromatic rings. The van der Waals surface area contributed by atoms with E-state index >= 15 is 0 Å². The number of carbonyl (C=O) groups excluding carboxylic acids is 1. The van der Waals surface area contributed by atoms with Crippen LogP contribution in [0.2, 0.25) is 0 Å². The minimum absolute atomic E-state index is 0.336. The molecule has 4 rings (SSSR count). The second-order valence-corrected chi connectivity index (χ2v) is 11.3. The Hall–Kier alpha value is -1.66. The van der Waals surface area contributed by atoms with Crippen molar-refractivity contribution < 1.29 is 14.3 Å². The van der Waals surface area contributed by atoms with Gasteiger partial charge < -0.3 is 19.4 Å². The van der Waals surface area contributed by atoms with Crippen molar-refractivity contribution in [1.82, 2.24) is 9.97 Å². The fourth-order valence-electron chi connectivity index (χ4n) is 3.45. The minimum Gasteiger partial charge on any atom is -0.430 e. The molecule has 5 nitrogen and oxygen atoms in total. The van der Waals surface area contributed by atoms with Crippen LogP contribution in [0.3, 0.4) is 0 Å². The Labute approximate surface area is 137 Å². The summed E-state index contributed by atoms with van der Waals surface area (Å²) in [4.78, 5) is 19.2. The first-order valence-corrected chi connectivity index (χ1v) is 10.6. The molecule has 124 valence electrons. The Morgan fingerprint density at radius 2 is 1.61 bits per heavy atom. The van der Waals surface area contributed by atoms with Gasteiger partial charge >= 0.3 is 5.97 Å². The first-order chi connectivity index (χ1) is 11.0.